The standard InChI is InChI=1S/C15H16N4OS/c1-8-12(16)5-11(7-17-8)10-3-4-13-14(6-10)21-15(19-13)18-9(2)20/h3,5-7,13H,4,16H2,1-2H3,(H,18,19,20). The second kappa shape index (κ2) is 5.37. The first-order chi connectivity index (χ1) is 10.0. The molecule has 0 saturated carbocycles. The van der Waals surface area contributed by atoms with Crippen molar-refractivity contribution in [1.29, 1.82) is 0 Å². The highest BCUT2D eigenvalue weighted by molar-refractivity contribution is 8.17. The Balaban J connectivity index is 1.82. The fourth-order valence-corrected chi connectivity index (χ4v) is 3.34. The minimum absolute atomic E-state index is 0.0933. The molecule has 0 bridgehead atoms. The lowest BCUT2D eigenvalue weighted by atomic mass is 9.98. The van der Waals surface area contributed by atoms with Gasteiger partial charge >= 0.3 is 0 Å². The summed E-state index contributed by atoms with van der Waals surface area (Å²) in [5.74, 6) is -0.0933. The molecular formula is C15H16N4OS. The van der Waals surface area contributed by atoms with E-state index in [0.717, 1.165) is 28.2 Å². The molecule has 0 aromatic carbocycles. The number of carbonyl (C=O) groups is 1. The van der Waals surface area contributed by atoms with Crippen LogP contribution in [0.25, 0.3) is 5.57 Å². The molecule has 108 valence electrons. The summed E-state index contributed by atoms with van der Waals surface area (Å²) < 4.78 is 0. The summed E-state index contributed by atoms with van der Waals surface area (Å²) >= 11 is 1.52. The van der Waals surface area contributed by atoms with Gasteiger partial charge in [0.25, 0.3) is 0 Å². The van der Waals surface area contributed by atoms with Crippen LogP contribution in [0.2, 0.25) is 0 Å². The van der Waals surface area contributed by atoms with Gasteiger partial charge in [0.15, 0.2) is 5.17 Å². The molecular weight excluding hydrogens is 284 g/mol. The van der Waals surface area contributed by atoms with Gasteiger partial charge in [-0.2, -0.15) is 0 Å². The summed E-state index contributed by atoms with van der Waals surface area (Å²) in [4.78, 5) is 21.1. The number of nitrogens with two attached hydrogens (primary N) is 1. The van der Waals surface area contributed by atoms with E-state index in [-0.39, 0.29) is 11.9 Å². The van der Waals surface area contributed by atoms with Gasteiger partial charge in [0.1, 0.15) is 0 Å². The van der Waals surface area contributed by atoms with E-state index in [2.05, 4.69) is 27.4 Å². The normalized spacial score (nSPS) is 20.3. The van der Waals surface area contributed by atoms with Crippen molar-refractivity contribution in [3.8, 4) is 0 Å². The number of aromatic nitrogens is 1. The number of aryl methyl sites for hydroxylation is 1. The number of amidine groups is 1. The van der Waals surface area contributed by atoms with Crippen LogP contribution in [-0.4, -0.2) is 22.1 Å². The molecule has 6 heteroatoms. The molecule has 2 heterocycles. The SMILES string of the molecule is CC(=O)NC1=NC2CC=C(c3cnc(C)c(N)c3)C=C2S1. The number of fused-ring (bicyclic) bond motifs is 1. The van der Waals surface area contributed by atoms with E-state index in [1.54, 1.807) is 0 Å². The molecule has 3 N–H and O–H groups in total. The number of anilines is 1. The number of nitrogens with zero attached hydrogens (tertiary/aromatic N) is 2. The van der Waals surface area contributed by atoms with E-state index < -0.39 is 0 Å². The van der Waals surface area contributed by atoms with Crippen molar-refractivity contribution in [2.45, 2.75) is 26.3 Å². The van der Waals surface area contributed by atoms with E-state index in [9.17, 15) is 4.79 Å². The highest BCUT2D eigenvalue weighted by Gasteiger charge is 2.27. The minimum Gasteiger partial charge on any atom is -0.397 e. The van der Waals surface area contributed by atoms with Crippen molar-refractivity contribution in [3.63, 3.8) is 0 Å². The topological polar surface area (TPSA) is 80.4 Å². The number of allylic oxidation sites excluding steroid dienone is 2. The van der Waals surface area contributed by atoms with E-state index in [1.165, 1.54) is 18.7 Å². The highest BCUT2D eigenvalue weighted by Crippen LogP contribution is 2.38. The van der Waals surface area contributed by atoms with Gasteiger partial charge in [0.2, 0.25) is 5.91 Å². The number of rotatable bonds is 1. The van der Waals surface area contributed by atoms with Crippen molar-refractivity contribution in [2.75, 3.05) is 5.73 Å². The van der Waals surface area contributed by atoms with Crippen molar-refractivity contribution >= 4 is 34.1 Å². The van der Waals surface area contributed by atoms with Crippen LogP contribution in [0.3, 0.4) is 0 Å². The lowest BCUT2D eigenvalue weighted by molar-refractivity contribution is -0.117. The quantitative estimate of drug-likeness (QED) is 0.833. The fourth-order valence-electron chi connectivity index (χ4n) is 2.27. The van der Waals surface area contributed by atoms with Crippen molar-refractivity contribution in [2.24, 2.45) is 4.99 Å². The Morgan fingerprint density at radius 3 is 3.05 bits per heavy atom. The molecule has 5 nitrogen and oxygen atoms in total. The Kier molecular flexibility index (Phi) is 3.55. The maximum atomic E-state index is 11.1. The van der Waals surface area contributed by atoms with Crippen LogP contribution in [0.5, 0.6) is 0 Å². The molecule has 1 atom stereocenters. The molecule has 0 saturated heterocycles. The number of aliphatic imine (C=N–C) groups is 1. The third-order valence-corrected chi connectivity index (χ3v) is 4.44. The van der Waals surface area contributed by atoms with Gasteiger partial charge in [-0.3, -0.25) is 14.8 Å². The smallest absolute Gasteiger partial charge is 0.222 e. The van der Waals surface area contributed by atoms with Gasteiger partial charge in [-0.1, -0.05) is 17.8 Å². The average molecular weight is 300 g/mol. The summed E-state index contributed by atoms with van der Waals surface area (Å²) in [5.41, 5.74) is 9.58. The summed E-state index contributed by atoms with van der Waals surface area (Å²) in [7, 11) is 0. The number of amides is 1. The zero-order chi connectivity index (χ0) is 15.0. The lowest BCUT2D eigenvalue weighted by Crippen LogP contribution is -2.24. The third kappa shape index (κ3) is 2.85. The molecule has 0 fully saturated rings. The van der Waals surface area contributed by atoms with Crippen LogP contribution < -0.4 is 11.1 Å². The molecule has 3 rings (SSSR count). The number of nitrogen functional groups attached to an aromatic ring is 1. The van der Waals surface area contributed by atoms with E-state index in [1.807, 2.05) is 19.2 Å². The first kappa shape index (κ1) is 13.9. The lowest BCUT2D eigenvalue weighted by Gasteiger charge is -2.15. The summed E-state index contributed by atoms with van der Waals surface area (Å²) in [6.45, 7) is 3.38. The van der Waals surface area contributed by atoms with Gasteiger partial charge in [0, 0.05) is 23.6 Å². The van der Waals surface area contributed by atoms with Crippen LogP contribution in [0.1, 0.15) is 24.6 Å². The zero-order valence-electron chi connectivity index (χ0n) is 11.9. The van der Waals surface area contributed by atoms with Crippen LogP contribution in [0.15, 0.2) is 34.3 Å². The molecule has 0 spiro atoms. The Bertz CT molecular complexity index is 706. The number of hydrogen-bond acceptors (Lipinski definition) is 5. The van der Waals surface area contributed by atoms with Gasteiger partial charge in [-0.05, 0) is 31.1 Å². The maximum Gasteiger partial charge on any atom is 0.222 e. The van der Waals surface area contributed by atoms with Crippen molar-refractivity contribution < 1.29 is 4.79 Å². The molecule has 0 radical (unpaired) electrons. The Morgan fingerprint density at radius 1 is 1.52 bits per heavy atom. The van der Waals surface area contributed by atoms with E-state index in [0.29, 0.717) is 10.9 Å². The van der Waals surface area contributed by atoms with E-state index >= 15 is 0 Å². The number of pyridine rings is 1. The molecule has 1 aliphatic carbocycles. The Morgan fingerprint density at radius 2 is 2.33 bits per heavy atom. The molecule has 2 aliphatic rings. The summed E-state index contributed by atoms with van der Waals surface area (Å²) in [6, 6.07) is 2.07. The Labute approximate surface area is 127 Å². The number of carbonyl (C=O) groups excluding carboxylic acids is 1. The van der Waals surface area contributed by atoms with Crippen molar-refractivity contribution in [1.82, 2.24) is 10.3 Å². The number of hydrogen-bond donors (Lipinski definition) is 2. The Hall–Kier alpha value is -2.08. The maximum absolute atomic E-state index is 11.1. The van der Waals surface area contributed by atoms with Crippen molar-refractivity contribution in [3.05, 3.63) is 40.6 Å². The molecule has 1 aromatic heterocycles. The molecule has 1 aromatic rings. The predicted molar refractivity (Wildman–Crippen MR) is 86.7 cm³/mol. The van der Waals surface area contributed by atoms with Gasteiger partial charge < -0.3 is 11.1 Å². The fraction of sp³-hybridized carbons (Fsp3) is 0.267. The van der Waals surface area contributed by atoms with Crippen LogP contribution in [0.4, 0.5) is 5.69 Å². The zero-order valence-corrected chi connectivity index (χ0v) is 12.7. The average Bonchev–Trinajstić information content (AvgIpc) is 2.82. The van der Waals surface area contributed by atoms with E-state index in [4.69, 9.17) is 5.73 Å². The predicted octanol–water partition coefficient (Wildman–Crippen LogP) is 2.25. The minimum atomic E-state index is -0.0933. The number of thioether (sulfide) groups is 1. The van der Waals surface area contributed by atoms with Crippen LogP contribution in [-0.2, 0) is 4.79 Å². The molecule has 21 heavy (non-hydrogen) atoms. The summed E-state index contributed by atoms with van der Waals surface area (Å²) in [5, 5.41) is 3.42. The third-order valence-electron chi connectivity index (χ3n) is 3.42. The van der Waals surface area contributed by atoms with Crippen LogP contribution >= 0.6 is 11.8 Å². The number of nitrogens with one attached hydrogen (secondary N) is 1. The monoisotopic (exact) mass is 300 g/mol. The molecule has 1 aliphatic heterocycles. The molecule has 1 amide bonds. The van der Waals surface area contributed by atoms with Crippen LogP contribution in [0, 0.1) is 6.92 Å². The second-order valence-corrected chi connectivity index (χ2v) is 6.14. The van der Waals surface area contributed by atoms with Gasteiger partial charge in [-0.15, -0.1) is 0 Å². The summed E-state index contributed by atoms with van der Waals surface area (Å²) in [6.07, 6.45) is 6.90. The first-order valence-corrected chi connectivity index (χ1v) is 7.52. The van der Waals surface area contributed by atoms with Gasteiger partial charge in [0.05, 0.1) is 17.4 Å². The largest absolute Gasteiger partial charge is 0.397 e. The highest BCUT2D eigenvalue weighted by atomic mass is 32.2. The molecule has 1 unspecified atom stereocenters. The van der Waals surface area contributed by atoms with Gasteiger partial charge in [-0.25, -0.2) is 0 Å². The second-order valence-electron chi connectivity index (χ2n) is 5.07. The first-order valence-electron chi connectivity index (χ1n) is 6.70.